The number of nitrogens with one attached hydrogen (secondary N) is 1. The molecule has 5 heteroatoms. The normalized spacial score (nSPS) is 11.3. The molecule has 0 aliphatic heterocycles. The van der Waals surface area contributed by atoms with Gasteiger partial charge in [-0.05, 0) is 30.7 Å². The minimum atomic E-state index is 0.987. The number of hydrogen-bond donors (Lipinski definition) is 1. The van der Waals surface area contributed by atoms with Crippen LogP contribution in [0.1, 0.15) is 5.56 Å². The molecule has 5 nitrogen and oxygen atoms in total. The van der Waals surface area contributed by atoms with Crippen LogP contribution in [0, 0.1) is 6.92 Å². The first kappa shape index (κ1) is 12.0. The van der Waals surface area contributed by atoms with E-state index >= 15 is 0 Å². The van der Waals surface area contributed by atoms with Crippen molar-refractivity contribution in [1.29, 1.82) is 0 Å². The monoisotopic (exact) mass is 277 g/mol. The summed E-state index contributed by atoms with van der Waals surface area (Å²) in [6.07, 6.45) is 4.00. The van der Waals surface area contributed by atoms with E-state index in [4.69, 9.17) is 0 Å². The Morgan fingerprint density at radius 1 is 1.00 bits per heavy atom. The number of rotatable bonds is 2. The Labute approximate surface area is 121 Å². The summed E-state index contributed by atoms with van der Waals surface area (Å²) in [5.74, 6) is 0. The van der Waals surface area contributed by atoms with Crippen molar-refractivity contribution in [2.45, 2.75) is 6.92 Å². The Balaban J connectivity index is 1.73. The van der Waals surface area contributed by atoms with E-state index in [0.29, 0.717) is 0 Å². The third-order valence-electron chi connectivity index (χ3n) is 3.60. The molecule has 0 bridgehead atoms. The van der Waals surface area contributed by atoms with Gasteiger partial charge in [-0.1, -0.05) is 18.2 Å². The highest BCUT2D eigenvalue weighted by Gasteiger charge is 2.04. The highest BCUT2D eigenvalue weighted by atomic mass is 15.5. The topological polar surface area (TPSA) is 47.7 Å². The Morgan fingerprint density at radius 2 is 1.90 bits per heavy atom. The summed E-state index contributed by atoms with van der Waals surface area (Å²) >= 11 is 0. The Morgan fingerprint density at radius 3 is 2.76 bits per heavy atom. The third kappa shape index (κ3) is 2.03. The molecule has 4 rings (SSSR count). The number of aromatic nitrogens is 4. The van der Waals surface area contributed by atoms with Crippen molar-refractivity contribution in [3.8, 4) is 0 Å². The second kappa shape index (κ2) is 4.34. The molecule has 0 radical (unpaired) electrons. The van der Waals surface area contributed by atoms with E-state index in [2.05, 4.69) is 40.7 Å². The predicted octanol–water partition coefficient (Wildman–Crippen LogP) is 3.11. The van der Waals surface area contributed by atoms with Crippen LogP contribution >= 0.6 is 0 Å². The Hall–Kier alpha value is -2.82. The molecule has 0 aliphatic rings. The van der Waals surface area contributed by atoms with Gasteiger partial charge in [-0.2, -0.15) is 15.0 Å². The number of anilines is 1. The van der Waals surface area contributed by atoms with Crippen molar-refractivity contribution < 1.29 is 0 Å². The van der Waals surface area contributed by atoms with Crippen molar-refractivity contribution in [2.24, 2.45) is 7.05 Å². The largest absolute Gasteiger partial charge is 0.278 e. The lowest BCUT2D eigenvalue weighted by atomic mass is 10.2. The van der Waals surface area contributed by atoms with Gasteiger partial charge in [0.25, 0.3) is 0 Å². The maximum absolute atomic E-state index is 4.58. The lowest BCUT2D eigenvalue weighted by Crippen LogP contribution is -2.08. The molecule has 0 fully saturated rings. The van der Waals surface area contributed by atoms with E-state index in [9.17, 15) is 0 Å². The van der Waals surface area contributed by atoms with Crippen LogP contribution in [-0.2, 0) is 7.05 Å². The predicted molar refractivity (Wildman–Crippen MR) is 84.2 cm³/mol. The minimum absolute atomic E-state index is 0.987. The van der Waals surface area contributed by atoms with Gasteiger partial charge in [-0.15, -0.1) is 0 Å². The molecule has 104 valence electrons. The van der Waals surface area contributed by atoms with Crippen LogP contribution in [0.2, 0.25) is 0 Å². The minimum Gasteiger partial charge on any atom is -0.278 e. The van der Waals surface area contributed by atoms with E-state index in [-0.39, 0.29) is 0 Å². The van der Waals surface area contributed by atoms with Crippen molar-refractivity contribution in [3.05, 3.63) is 54.4 Å². The standard InChI is InChI=1S/C16H15N5/c1-11-4-3-5-12-10-21(19-16(11)12)17-14-6-7-15-13(8-14)9-20(2)18-15/h3-10,17H,1-2H3. The Bertz CT molecular complexity index is 948. The molecule has 2 heterocycles. The summed E-state index contributed by atoms with van der Waals surface area (Å²) in [7, 11) is 1.93. The van der Waals surface area contributed by atoms with Crippen LogP contribution in [0.5, 0.6) is 0 Å². The van der Waals surface area contributed by atoms with Gasteiger partial charge in [0.1, 0.15) is 0 Å². The van der Waals surface area contributed by atoms with E-state index in [1.807, 2.05) is 42.3 Å². The zero-order valence-electron chi connectivity index (χ0n) is 11.9. The summed E-state index contributed by atoms with van der Waals surface area (Å²) in [6.45, 7) is 2.07. The zero-order valence-corrected chi connectivity index (χ0v) is 11.9. The highest BCUT2D eigenvalue weighted by molar-refractivity contribution is 5.83. The fraction of sp³-hybridized carbons (Fsp3) is 0.125. The second-order valence-corrected chi connectivity index (χ2v) is 5.27. The molecule has 0 atom stereocenters. The molecule has 2 aromatic carbocycles. The summed E-state index contributed by atoms with van der Waals surface area (Å²) in [5, 5.41) is 11.2. The van der Waals surface area contributed by atoms with Gasteiger partial charge in [0.2, 0.25) is 0 Å². The quantitative estimate of drug-likeness (QED) is 0.612. The van der Waals surface area contributed by atoms with Gasteiger partial charge < -0.3 is 0 Å². The zero-order chi connectivity index (χ0) is 14.4. The molecular formula is C16H15N5. The molecule has 2 aromatic heterocycles. The van der Waals surface area contributed by atoms with Crippen molar-refractivity contribution in [2.75, 3.05) is 5.43 Å². The number of nitrogens with zero attached hydrogens (tertiary/aromatic N) is 4. The fourth-order valence-corrected chi connectivity index (χ4v) is 2.60. The summed E-state index contributed by atoms with van der Waals surface area (Å²) < 4.78 is 1.82. The molecule has 4 aromatic rings. The van der Waals surface area contributed by atoms with Gasteiger partial charge in [0, 0.05) is 24.0 Å². The van der Waals surface area contributed by atoms with Gasteiger partial charge in [0.15, 0.2) is 0 Å². The molecule has 1 N–H and O–H groups in total. The molecule has 0 saturated carbocycles. The molecule has 0 amide bonds. The maximum atomic E-state index is 4.58. The fourth-order valence-electron chi connectivity index (χ4n) is 2.60. The van der Waals surface area contributed by atoms with Crippen LogP contribution in [0.25, 0.3) is 21.8 Å². The van der Waals surface area contributed by atoms with Gasteiger partial charge >= 0.3 is 0 Å². The summed E-state index contributed by atoms with van der Waals surface area (Å²) in [4.78, 5) is 1.76. The number of fused-ring (bicyclic) bond motifs is 2. The van der Waals surface area contributed by atoms with Crippen LogP contribution in [0.3, 0.4) is 0 Å². The first-order chi connectivity index (χ1) is 10.2. The van der Waals surface area contributed by atoms with Crippen molar-refractivity contribution in [1.82, 2.24) is 19.7 Å². The lowest BCUT2D eigenvalue weighted by Gasteiger charge is -2.05. The highest BCUT2D eigenvalue weighted by Crippen LogP contribution is 2.19. The average molecular weight is 277 g/mol. The van der Waals surface area contributed by atoms with Crippen LogP contribution in [-0.4, -0.2) is 19.7 Å². The van der Waals surface area contributed by atoms with Crippen LogP contribution in [0.15, 0.2) is 48.8 Å². The lowest BCUT2D eigenvalue weighted by molar-refractivity contribution is 0.780. The number of benzene rings is 2. The van der Waals surface area contributed by atoms with E-state index in [0.717, 1.165) is 27.5 Å². The number of hydrogen-bond acceptors (Lipinski definition) is 3. The maximum Gasteiger partial charge on any atom is 0.0973 e. The van der Waals surface area contributed by atoms with E-state index in [1.165, 1.54) is 5.56 Å². The van der Waals surface area contributed by atoms with Gasteiger partial charge in [-0.3, -0.25) is 10.1 Å². The molecule has 0 aliphatic carbocycles. The SMILES string of the molecule is Cc1cccc2cn(Nc3ccc4nn(C)cc4c3)nc12. The van der Waals surface area contributed by atoms with E-state index in [1.54, 1.807) is 4.79 Å². The van der Waals surface area contributed by atoms with Crippen LogP contribution < -0.4 is 5.43 Å². The molecule has 0 unspecified atom stereocenters. The van der Waals surface area contributed by atoms with E-state index < -0.39 is 0 Å². The molecular weight excluding hydrogens is 262 g/mol. The molecule has 0 spiro atoms. The van der Waals surface area contributed by atoms with Crippen LogP contribution in [0.4, 0.5) is 5.69 Å². The second-order valence-electron chi connectivity index (χ2n) is 5.27. The first-order valence-electron chi connectivity index (χ1n) is 6.84. The molecule has 0 saturated heterocycles. The average Bonchev–Trinajstić information content (AvgIpc) is 3.01. The Kier molecular flexibility index (Phi) is 2.47. The smallest absolute Gasteiger partial charge is 0.0973 e. The number of aryl methyl sites for hydroxylation is 2. The summed E-state index contributed by atoms with van der Waals surface area (Å²) in [5.41, 5.74) is 7.47. The van der Waals surface area contributed by atoms with Gasteiger partial charge in [-0.25, -0.2) is 0 Å². The van der Waals surface area contributed by atoms with Crippen molar-refractivity contribution >= 4 is 27.5 Å². The van der Waals surface area contributed by atoms with Gasteiger partial charge in [0.05, 0.1) is 22.9 Å². The third-order valence-corrected chi connectivity index (χ3v) is 3.60. The first-order valence-corrected chi connectivity index (χ1v) is 6.84. The molecule has 21 heavy (non-hydrogen) atoms. The van der Waals surface area contributed by atoms with Crippen molar-refractivity contribution in [3.63, 3.8) is 0 Å². The summed E-state index contributed by atoms with van der Waals surface area (Å²) in [6, 6.07) is 12.3.